The van der Waals surface area contributed by atoms with Crippen molar-refractivity contribution in [2.45, 2.75) is 31.2 Å². The van der Waals surface area contributed by atoms with Crippen LogP contribution in [0.4, 0.5) is 0 Å². The number of rotatable bonds is 3. The molecule has 0 aliphatic carbocycles. The molecule has 0 aromatic heterocycles. The summed E-state index contributed by atoms with van der Waals surface area (Å²) in [5.74, 6) is 0.336. The van der Waals surface area contributed by atoms with Gasteiger partial charge in [-0.05, 0) is 37.1 Å². The molecule has 0 bridgehead atoms. The molecule has 5 heteroatoms. The van der Waals surface area contributed by atoms with Gasteiger partial charge in [0.15, 0.2) is 0 Å². The fourth-order valence-electron chi connectivity index (χ4n) is 3.44. The topological polar surface area (TPSA) is 46.3 Å². The van der Waals surface area contributed by atoms with Crippen LogP contribution in [-0.2, 0) is 10.2 Å². The fraction of sp³-hybridized carbons (Fsp3) is 0.350. The highest BCUT2D eigenvalue weighted by Crippen LogP contribution is 2.32. The molecule has 2 N–H and O–H groups in total. The lowest BCUT2D eigenvalue weighted by atomic mass is 9.83. The van der Waals surface area contributed by atoms with E-state index in [1.807, 2.05) is 61.2 Å². The molecular weight excluding hydrogens is 400 g/mol. The third-order valence-corrected chi connectivity index (χ3v) is 5.45. The Hall–Kier alpha value is -1.36. The Bertz CT molecular complexity index is 735. The number of hydrogen-bond donors (Lipinski definition) is 1. The minimum Gasteiger partial charge on any atom is -0.340 e. The van der Waals surface area contributed by atoms with E-state index in [9.17, 15) is 4.79 Å². The fourth-order valence-corrected chi connectivity index (χ4v) is 3.84. The Kier molecular flexibility index (Phi) is 6.30. The van der Waals surface area contributed by atoms with E-state index in [1.165, 1.54) is 5.56 Å². The van der Waals surface area contributed by atoms with Crippen LogP contribution in [0, 0.1) is 0 Å². The lowest BCUT2D eigenvalue weighted by Gasteiger charge is -2.30. The summed E-state index contributed by atoms with van der Waals surface area (Å²) in [7, 11) is 0. The van der Waals surface area contributed by atoms with Crippen molar-refractivity contribution in [1.29, 1.82) is 0 Å². The van der Waals surface area contributed by atoms with Crippen LogP contribution >= 0.6 is 28.3 Å². The van der Waals surface area contributed by atoms with Gasteiger partial charge in [-0.3, -0.25) is 4.79 Å². The van der Waals surface area contributed by atoms with Gasteiger partial charge in [0.05, 0.1) is 5.41 Å². The maximum absolute atomic E-state index is 13.2. The molecule has 2 aromatic rings. The Labute approximate surface area is 164 Å². The molecule has 1 aliphatic heterocycles. The predicted octanol–water partition coefficient (Wildman–Crippen LogP) is 4.10. The van der Waals surface area contributed by atoms with Crippen LogP contribution in [0.5, 0.6) is 0 Å². The summed E-state index contributed by atoms with van der Waals surface area (Å²) >= 11 is 3.49. The molecule has 2 aromatic carbocycles. The molecule has 134 valence electrons. The molecular formula is C20H24BrClN2O. The van der Waals surface area contributed by atoms with Crippen LogP contribution in [0.25, 0.3) is 0 Å². The molecule has 1 fully saturated rings. The first kappa shape index (κ1) is 20.0. The zero-order valence-electron chi connectivity index (χ0n) is 14.5. The molecule has 1 amide bonds. The summed E-state index contributed by atoms with van der Waals surface area (Å²) in [6, 6.07) is 18.2. The average molecular weight is 424 g/mol. The molecule has 0 saturated carbocycles. The van der Waals surface area contributed by atoms with Gasteiger partial charge in [-0.2, -0.15) is 0 Å². The average Bonchev–Trinajstić information content (AvgIpc) is 2.96. The molecule has 3 nitrogen and oxygen atoms in total. The van der Waals surface area contributed by atoms with Gasteiger partial charge < -0.3 is 10.6 Å². The Morgan fingerprint density at radius 2 is 1.80 bits per heavy atom. The van der Waals surface area contributed by atoms with Gasteiger partial charge in [0.2, 0.25) is 5.91 Å². The maximum atomic E-state index is 13.2. The van der Waals surface area contributed by atoms with Crippen molar-refractivity contribution in [2.24, 2.45) is 5.73 Å². The summed E-state index contributed by atoms with van der Waals surface area (Å²) in [4.78, 5) is 15.1. The van der Waals surface area contributed by atoms with Crippen molar-refractivity contribution in [2.75, 3.05) is 13.1 Å². The number of carbonyl (C=O) groups is 1. The van der Waals surface area contributed by atoms with Crippen molar-refractivity contribution >= 4 is 34.2 Å². The first-order valence-electron chi connectivity index (χ1n) is 8.25. The van der Waals surface area contributed by atoms with Crippen molar-refractivity contribution in [1.82, 2.24) is 4.90 Å². The van der Waals surface area contributed by atoms with Gasteiger partial charge in [-0.25, -0.2) is 0 Å². The number of nitrogens with zero attached hydrogens (tertiary/aromatic N) is 1. The van der Waals surface area contributed by atoms with E-state index in [4.69, 9.17) is 5.73 Å². The first-order valence-corrected chi connectivity index (χ1v) is 9.05. The molecule has 0 spiro atoms. The Morgan fingerprint density at radius 3 is 2.44 bits per heavy atom. The van der Waals surface area contributed by atoms with E-state index in [1.54, 1.807) is 0 Å². The van der Waals surface area contributed by atoms with Crippen molar-refractivity contribution in [3.63, 3.8) is 0 Å². The van der Waals surface area contributed by atoms with Crippen molar-refractivity contribution in [3.05, 3.63) is 70.2 Å². The predicted molar refractivity (Wildman–Crippen MR) is 108 cm³/mol. The van der Waals surface area contributed by atoms with E-state index in [2.05, 4.69) is 28.1 Å². The summed E-state index contributed by atoms with van der Waals surface area (Å²) in [5, 5.41) is 0. The molecule has 0 radical (unpaired) electrons. The van der Waals surface area contributed by atoms with Gasteiger partial charge in [0.25, 0.3) is 0 Å². The molecule has 1 aliphatic rings. The molecule has 2 atom stereocenters. The van der Waals surface area contributed by atoms with Gasteiger partial charge in [-0.1, -0.05) is 58.4 Å². The zero-order chi connectivity index (χ0) is 17.3. The summed E-state index contributed by atoms with van der Waals surface area (Å²) < 4.78 is 0.987. The van der Waals surface area contributed by atoms with Crippen LogP contribution in [-0.4, -0.2) is 29.9 Å². The molecule has 1 saturated heterocycles. The van der Waals surface area contributed by atoms with Crippen LogP contribution in [0.3, 0.4) is 0 Å². The van der Waals surface area contributed by atoms with Gasteiger partial charge in [0, 0.05) is 29.5 Å². The van der Waals surface area contributed by atoms with Crippen LogP contribution < -0.4 is 5.73 Å². The highest BCUT2D eigenvalue weighted by Gasteiger charge is 2.40. The second-order valence-electron chi connectivity index (χ2n) is 7.03. The molecule has 0 unspecified atom stereocenters. The Morgan fingerprint density at radius 1 is 1.12 bits per heavy atom. The normalized spacial score (nSPS) is 20.2. The summed E-state index contributed by atoms with van der Waals surface area (Å²) in [6.45, 7) is 5.26. The zero-order valence-corrected chi connectivity index (χ0v) is 16.9. The number of carbonyl (C=O) groups excluding carboxylic acids is 1. The smallest absolute Gasteiger partial charge is 0.232 e. The number of benzene rings is 2. The number of amides is 1. The second-order valence-corrected chi connectivity index (χ2v) is 7.94. The van der Waals surface area contributed by atoms with Gasteiger partial charge >= 0.3 is 0 Å². The molecule has 25 heavy (non-hydrogen) atoms. The van der Waals surface area contributed by atoms with Crippen LogP contribution in [0.15, 0.2) is 59.1 Å². The second kappa shape index (κ2) is 7.90. The molecule has 1 heterocycles. The van der Waals surface area contributed by atoms with Gasteiger partial charge in [0.1, 0.15) is 0 Å². The quantitative estimate of drug-likeness (QED) is 0.808. The van der Waals surface area contributed by atoms with E-state index in [-0.39, 0.29) is 30.3 Å². The van der Waals surface area contributed by atoms with Crippen molar-refractivity contribution < 1.29 is 4.79 Å². The lowest BCUT2D eigenvalue weighted by molar-refractivity contribution is -0.135. The third-order valence-electron chi connectivity index (χ3n) is 4.96. The number of likely N-dealkylation sites (tertiary alicyclic amines) is 1. The maximum Gasteiger partial charge on any atom is 0.232 e. The number of halogens is 2. The number of hydrogen-bond acceptors (Lipinski definition) is 2. The van der Waals surface area contributed by atoms with E-state index in [0.29, 0.717) is 13.1 Å². The van der Waals surface area contributed by atoms with Crippen LogP contribution in [0.1, 0.15) is 30.9 Å². The summed E-state index contributed by atoms with van der Waals surface area (Å²) in [5.41, 5.74) is 7.99. The van der Waals surface area contributed by atoms with E-state index >= 15 is 0 Å². The largest absolute Gasteiger partial charge is 0.340 e. The van der Waals surface area contributed by atoms with Crippen molar-refractivity contribution in [3.8, 4) is 0 Å². The van der Waals surface area contributed by atoms with E-state index in [0.717, 1.165) is 10.0 Å². The highest BCUT2D eigenvalue weighted by atomic mass is 79.9. The minimum absolute atomic E-state index is 0. The Balaban J connectivity index is 0.00000225. The van der Waals surface area contributed by atoms with Gasteiger partial charge in [-0.15, -0.1) is 12.4 Å². The van der Waals surface area contributed by atoms with Crippen LogP contribution in [0.2, 0.25) is 0 Å². The standard InChI is InChI=1S/C20H23BrN2O.ClH/c1-20(2,15-9-6-10-16(21)11-15)19(24)23-12-17(18(22)13-23)14-7-4-3-5-8-14;/h3-11,17-18H,12-13,22H2,1-2H3;1H/t17-,18+;/m0./s1. The minimum atomic E-state index is -0.574. The first-order chi connectivity index (χ1) is 11.4. The highest BCUT2D eigenvalue weighted by molar-refractivity contribution is 9.10. The monoisotopic (exact) mass is 422 g/mol. The van der Waals surface area contributed by atoms with E-state index < -0.39 is 5.41 Å². The summed E-state index contributed by atoms with van der Waals surface area (Å²) in [6.07, 6.45) is 0. The molecule has 3 rings (SSSR count). The third kappa shape index (κ3) is 4.08. The lowest BCUT2D eigenvalue weighted by Crippen LogP contribution is -2.43. The SMILES string of the molecule is CC(C)(C(=O)N1C[C@@H](N)[C@H](c2ccccc2)C1)c1cccc(Br)c1.Cl. The number of nitrogens with two attached hydrogens (primary N) is 1.